The molecule has 0 spiro atoms. The number of amides is 8. The normalized spacial score (nSPS) is 13.1. The molecule has 4 heterocycles. The molecule has 0 fully saturated rings. The summed E-state index contributed by atoms with van der Waals surface area (Å²) in [5, 5.41) is 9.81. The number of hydrogen-bond donors (Lipinski definition) is 3. The van der Waals surface area contributed by atoms with Crippen LogP contribution in [0.25, 0.3) is 16.4 Å². The van der Waals surface area contributed by atoms with E-state index in [1.807, 2.05) is 53.1 Å². The highest BCUT2D eigenvalue weighted by Crippen LogP contribution is 2.42. The summed E-state index contributed by atoms with van der Waals surface area (Å²) in [6.45, 7) is 6.44. The molecule has 85 heavy (non-hydrogen) atoms. The molecule has 2 aromatic heterocycles. The molecule has 8 amide bonds. The van der Waals surface area contributed by atoms with E-state index in [2.05, 4.69) is 20.9 Å². The van der Waals surface area contributed by atoms with Crippen molar-refractivity contribution in [1.82, 2.24) is 34.3 Å². The third kappa shape index (κ3) is 15.9. The highest BCUT2D eigenvalue weighted by atomic mass is 16.7. The van der Waals surface area contributed by atoms with Gasteiger partial charge in [-0.1, -0.05) is 44.2 Å². The molecule has 0 radical (unpaired) electrons. The minimum absolute atomic E-state index is 0.0119. The second-order valence-electron chi connectivity index (χ2n) is 20.7. The topological polar surface area (TPSA) is 262 Å². The van der Waals surface area contributed by atoms with Crippen LogP contribution in [-0.2, 0) is 51.2 Å². The number of nitrogens with zero attached hydrogens (tertiary/aromatic N) is 7. The van der Waals surface area contributed by atoms with Crippen LogP contribution >= 0.6 is 0 Å². The van der Waals surface area contributed by atoms with E-state index in [-0.39, 0.29) is 114 Å². The number of pyridine rings is 1. The molecule has 2 aliphatic rings. The van der Waals surface area contributed by atoms with Gasteiger partial charge in [-0.3, -0.25) is 38.6 Å². The first kappa shape index (κ1) is 61.8. The predicted molar refractivity (Wildman–Crippen MR) is 314 cm³/mol. The molecule has 448 valence electrons. The number of carbonyl (C=O) groups is 8. The van der Waals surface area contributed by atoms with E-state index in [1.54, 1.807) is 93.3 Å². The van der Waals surface area contributed by atoms with Crippen LogP contribution < -0.4 is 30.3 Å². The van der Waals surface area contributed by atoms with Crippen molar-refractivity contribution in [3.8, 4) is 11.5 Å². The van der Waals surface area contributed by atoms with Crippen LogP contribution in [0.1, 0.15) is 51.4 Å². The van der Waals surface area contributed by atoms with Crippen LogP contribution in [0.3, 0.4) is 0 Å². The van der Waals surface area contributed by atoms with Crippen molar-refractivity contribution in [2.24, 2.45) is 5.92 Å². The molecule has 2 aliphatic heterocycles. The fourth-order valence-corrected chi connectivity index (χ4v) is 9.83. The maximum absolute atomic E-state index is 14.5. The summed E-state index contributed by atoms with van der Waals surface area (Å²) in [6, 6.07) is 23.7. The van der Waals surface area contributed by atoms with Gasteiger partial charge in [0.1, 0.15) is 29.4 Å². The Morgan fingerprint density at radius 1 is 0.776 bits per heavy atom. The molecule has 1 atom stereocenters. The van der Waals surface area contributed by atoms with Crippen molar-refractivity contribution in [3.63, 3.8) is 0 Å². The summed E-state index contributed by atoms with van der Waals surface area (Å²) in [5.74, 6) is -1.40. The number of fused-ring (bicyclic) bond motifs is 4. The van der Waals surface area contributed by atoms with Gasteiger partial charge in [0.25, 0.3) is 23.6 Å². The van der Waals surface area contributed by atoms with Crippen LogP contribution in [0.15, 0.2) is 109 Å². The van der Waals surface area contributed by atoms with Gasteiger partial charge in [0.15, 0.2) is 6.79 Å². The van der Waals surface area contributed by atoms with E-state index in [0.717, 1.165) is 21.4 Å². The lowest BCUT2D eigenvalue weighted by Gasteiger charge is -2.26. The molecule has 1 unspecified atom stereocenters. The Labute approximate surface area is 491 Å². The smallest absolute Gasteiger partial charge is 0.415 e. The number of imidazole rings is 1. The number of likely N-dealkylation sites (N-methyl/N-ethyl adjacent to an activating group) is 2. The fourth-order valence-electron chi connectivity index (χ4n) is 9.83. The van der Waals surface area contributed by atoms with Gasteiger partial charge in [-0.2, -0.15) is 0 Å². The number of ether oxygens (including phenoxy) is 6. The zero-order valence-corrected chi connectivity index (χ0v) is 48.6. The zero-order chi connectivity index (χ0) is 60.7. The molecule has 0 aliphatic carbocycles. The van der Waals surface area contributed by atoms with Crippen LogP contribution in [0.5, 0.6) is 11.5 Å². The standard InChI is InChI=1S/C61H70N10O14/c1-39(2)56(66(4)5)58(76)62-34-52(72)63-43-15-11-41(12-16-43)37-83-60(78)67(6)25-26-68(27-29-81-31-32-82-30-28-71-53(73)21-22-54(71)74)61(79)85-50-33-49-46(55-40(3)9-8-10-47(50)55)23-24-70(49)59(77)48-36-69-35-44(17-20-51(69)65-48)64-57(75)42-13-18-45(19-14-42)84-38-80-7/h8-22,33,35-36,39,56H,23-32,34,37-38H2,1-7H3,(H,62,76)(H,63,72)(H,64,75). The first-order valence-electron chi connectivity index (χ1n) is 27.6. The first-order chi connectivity index (χ1) is 40.9. The first-order valence-corrected chi connectivity index (χ1v) is 27.6. The lowest BCUT2D eigenvalue weighted by Crippen LogP contribution is -2.48. The lowest BCUT2D eigenvalue weighted by atomic mass is 9.97. The maximum Gasteiger partial charge on any atom is 0.415 e. The number of nitrogens with one attached hydrogen (secondary N) is 3. The van der Waals surface area contributed by atoms with Gasteiger partial charge in [-0.25, -0.2) is 14.6 Å². The molecule has 8 rings (SSSR count). The monoisotopic (exact) mass is 1170 g/mol. The van der Waals surface area contributed by atoms with Crippen molar-refractivity contribution < 1.29 is 66.8 Å². The average Bonchev–Trinajstić information content (AvgIpc) is 1.98. The number of imide groups is 1. The maximum atomic E-state index is 14.5. The zero-order valence-electron chi connectivity index (χ0n) is 48.6. The quantitative estimate of drug-likeness (QED) is 0.0308. The van der Waals surface area contributed by atoms with E-state index in [9.17, 15) is 38.4 Å². The Bertz CT molecular complexity index is 3430. The molecule has 0 saturated carbocycles. The van der Waals surface area contributed by atoms with Gasteiger partial charge in [0.05, 0.1) is 56.9 Å². The van der Waals surface area contributed by atoms with Gasteiger partial charge in [0, 0.05) is 87.6 Å². The Morgan fingerprint density at radius 2 is 1.49 bits per heavy atom. The van der Waals surface area contributed by atoms with Crippen LogP contribution in [-0.4, -0.2) is 183 Å². The minimum Gasteiger partial charge on any atom is -0.468 e. The fraction of sp³-hybridized carbons (Fsp3) is 0.361. The minimum atomic E-state index is -0.756. The molecular weight excluding hydrogens is 1100 g/mol. The summed E-state index contributed by atoms with van der Waals surface area (Å²) in [4.78, 5) is 116. The van der Waals surface area contributed by atoms with Gasteiger partial charge >= 0.3 is 12.2 Å². The lowest BCUT2D eigenvalue weighted by molar-refractivity contribution is -0.137. The van der Waals surface area contributed by atoms with Gasteiger partial charge in [-0.15, -0.1) is 0 Å². The highest BCUT2D eigenvalue weighted by Gasteiger charge is 2.32. The summed E-state index contributed by atoms with van der Waals surface area (Å²) in [7, 11) is 6.66. The van der Waals surface area contributed by atoms with Crippen molar-refractivity contribution in [3.05, 3.63) is 137 Å². The Hall–Kier alpha value is -9.23. The number of carbonyl (C=O) groups excluding carboxylic acids is 8. The SMILES string of the molecule is COCOc1ccc(C(=O)Nc2ccc3nc(C(=O)N4CCc5c4cc(OC(=O)N(CCOCCOCCN4C(=O)C=CC4=O)CCN(C)C(=O)OCc4ccc(NC(=O)CNC(=O)C(C(C)C)N(C)C)cc4)c4cccc(C)c54)cn3c2)cc1. The third-order valence-corrected chi connectivity index (χ3v) is 14.1. The number of aryl methyl sites for hydroxylation is 1. The van der Waals surface area contributed by atoms with E-state index >= 15 is 0 Å². The second-order valence-corrected chi connectivity index (χ2v) is 20.7. The Kier molecular flexibility index (Phi) is 21.0. The largest absolute Gasteiger partial charge is 0.468 e. The van der Waals surface area contributed by atoms with Crippen molar-refractivity contribution in [1.29, 1.82) is 0 Å². The van der Waals surface area contributed by atoms with Crippen LogP contribution in [0.2, 0.25) is 0 Å². The number of methoxy groups -OCH3 is 1. The number of benzene rings is 4. The van der Waals surface area contributed by atoms with E-state index in [4.69, 9.17) is 28.4 Å². The summed E-state index contributed by atoms with van der Waals surface area (Å²) < 4.78 is 35.3. The molecule has 24 nitrogen and oxygen atoms in total. The third-order valence-electron chi connectivity index (χ3n) is 14.1. The van der Waals surface area contributed by atoms with Crippen molar-refractivity contribution in [2.75, 3.05) is 116 Å². The number of hydrogen-bond acceptors (Lipinski definition) is 16. The number of anilines is 3. The van der Waals surface area contributed by atoms with Crippen LogP contribution in [0.4, 0.5) is 26.7 Å². The molecule has 0 bridgehead atoms. The summed E-state index contributed by atoms with van der Waals surface area (Å²) >= 11 is 0. The van der Waals surface area contributed by atoms with E-state index in [1.165, 1.54) is 36.1 Å². The average molecular weight is 1170 g/mol. The number of rotatable bonds is 27. The molecule has 4 aromatic carbocycles. The van der Waals surface area contributed by atoms with Crippen molar-refractivity contribution in [2.45, 2.75) is 39.8 Å². The molecule has 24 heteroatoms. The summed E-state index contributed by atoms with van der Waals surface area (Å²) in [5.41, 5.74) is 4.98. The van der Waals surface area contributed by atoms with Gasteiger partial charge in [0.2, 0.25) is 11.8 Å². The Balaban J connectivity index is 0.913. The molecule has 3 N–H and O–H groups in total. The van der Waals surface area contributed by atoms with E-state index < -0.39 is 29.9 Å². The second kappa shape index (κ2) is 28.8. The van der Waals surface area contributed by atoms with Gasteiger partial charge in [-0.05, 0) is 104 Å². The number of aromatic nitrogens is 2. The molecular formula is C61H70N10O14. The van der Waals surface area contributed by atoms with Crippen molar-refractivity contribution >= 4 is 81.1 Å². The molecule has 6 aromatic rings. The van der Waals surface area contributed by atoms with E-state index in [0.29, 0.717) is 57.9 Å². The summed E-state index contributed by atoms with van der Waals surface area (Å²) in [6.07, 6.45) is 4.76. The molecule has 0 saturated heterocycles. The highest BCUT2D eigenvalue weighted by molar-refractivity contribution is 6.13. The predicted octanol–water partition coefficient (Wildman–Crippen LogP) is 5.90. The van der Waals surface area contributed by atoms with Gasteiger partial charge < -0.3 is 63.5 Å². The Morgan fingerprint density at radius 3 is 2.20 bits per heavy atom. The van der Waals surface area contributed by atoms with Crippen LogP contribution in [0, 0.1) is 12.8 Å².